The van der Waals surface area contributed by atoms with E-state index in [-0.39, 0.29) is 5.97 Å². The van der Waals surface area contributed by atoms with Crippen LogP contribution < -0.4 is 5.73 Å². The fourth-order valence-corrected chi connectivity index (χ4v) is 1.60. The molecule has 0 amide bonds. The molecule has 1 heterocycles. The van der Waals surface area contributed by atoms with Gasteiger partial charge in [-0.15, -0.1) is 0 Å². The summed E-state index contributed by atoms with van der Waals surface area (Å²) in [7, 11) is 1.34. The van der Waals surface area contributed by atoms with Crippen LogP contribution in [0.3, 0.4) is 0 Å². The number of ether oxygens (including phenoxy) is 1. The van der Waals surface area contributed by atoms with E-state index in [2.05, 4.69) is 25.7 Å². The molecule has 0 aliphatic carbocycles. The minimum atomic E-state index is -0.561. The van der Waals surface area contributed by atoms with Crippen molar-refractivity contribution in [2.24, 2.45) is 5.73 Å². The first-order valence-corrected chi connectivity index (χ1v) is 5.35. The summed E-state index contributed by atoms with van der Waals surface area (Å²) < 4.78 is 5.46. The summed E-state index contributed by atoms with van der Waals surface area (Å²) >= 11 is 3.33. The van der Waals surface area contributed by atoms with Gasteiger partial charge in [0.2, 0.25) is 0 Å². The Labute approximate surface area is 97.0 Å². The van der Waals surface area contributed by atoms with Crippen LogP contribution >= 0.6 is 15.9 Å². The SMILES string of the molecule is COC(=O)C(N)CCc1cncc(Br)c1. The van der Waals surface area contributed by atoms with Crippen molar-refractivity contribution in [1.29, 1.82) is 0 Å². The number of nitrogens with zero attached hydrogens (tertiary/aromatic N) is 1. The van der Waals surface area contributed by atoms with E-state index in [9.17, 15) is 4.79 Å². The molecule has 2 N–H and O–H groups in total. The van der Waals surface area contributed by atoms with E-state index < -0.39 is 6.04 Å². The lowest BCUT2D eigenvalue weighted by molar-refractivity contribution is -0.142. The molecule has 1 aromatic rings. The molecular formula is C10H13BrN2O2. The zero-order valence-electron chi connectivity index (χ0n) is 8.44. The van der Waals surface area contributed by atoms with Gasteiger partial charge in [0.1, 0.15) is 6.04 Å². The number of halogens is 1. The Bertz CT molecular complexity index is 344. The Morgan fingerprint density at radius 2 is 2.40 bits per heavy atom. The van der Waals surface area contributed by atoms with Gasteiger partial charge in [-0.3, -0.25) is 9.78 Å². The summed E-state index contributed by atoms with van der Waals surface area (Å²) in [6.45, 7) is 0. The van der Waals surface area contributed by atoms with Crippen LogP contribution in [0.2, 0.25) is 0 Å². The minimum Gasteiger partial charge on any atom is -0.468 e. The van der Waals surface area contributed by atoms with Crippen LogP contribution in [0.1, 0.15) is 12.0 Å². The number of esters is 1. The van der Waals surface area contributed by atoms with Crippen molar-refractivity contribution in [2.75, 3.05) is 7.11 Å². The number of rotatable bonds is 4. The van der Waals surface area contributed by atoms with Gasteiger partial charge < -0.3 is 10.5 Å². The molecule has 1 unspecified atom stereocenters. The number of hydrogen-bond acceptors (Lipinski definition) is 4. The zero-order chi connectivity index (χ0) is 11.3. The van der Waals surface area contributed by atoms with Crippen LogP contribution in [-0.2, 0) is 16.0 Å². The van der Waals surface area contributed by atoms with Gasteiger partial charge in [0.25, 0.3) is 0 Å². The number of aryl methyl sites for hydroxylation is 1. The molecule has 1 atom stereocenters. The van der Waals surface area contributed by atoms with Crippen molar-refractivity contribution in [2.45, 2.75) is 18.9 Å². The van der Waals surface area contributed by atoms with Gasteiger partial charge in [-0.05, 0) is 40.4 Å². The third-order valence-electron chi connectivity index (χ3n) is 2.01. The summed E-state index contributed by atoms with van der Waals surface area (Å²) in [4.78, 5) is 15.1. The van der Waals surface area contributed by atoms with Gasteiger partial charge in [0.05, 0.1) is 7.11 Å². The normalized spacial score (nSPS) is 12.2. The minimum absolute atomic E-state index is 0.377. The fraction of sp³-hybridized carbons (Fsp3) is 0.400. The molecule has 0 bridgehead atoms. The average Bonchev–Trinajstić information content (AvgIpc) is 2.25. The molecule has 0 radical (unpaired) electrons. The molecule has 1 rings (SSSR count). The smallest absolute Gasteiger partial charge is 0.322 e. The highest BCUT2D eigenvalue weighted by atomic mass is 79.9. The molecule has 0 aromatic carbocycles. The van der Waals surface area contributed by atoms with Crippen molar-refractivity contribution < 1.29 is 9.53 Å². The van der Waals surface area contributed by atoms with E-state index in [1.165, 1.54) is 7.11 Å². The Kier molecular flexibility index (Phi) is 4.71. The molecule has 5 heteroatoms. The number of nitrogens with two attached hydrogens (primary N) is 1. The highest BCUT2D eigenvalue weighted by molar-refractivity contribution is 9.10. The summed E-state index contributed by atoms with van der Waals surface area (Å²) in [5.41, 5.74) is 6.65. The van der Waals surface area contributed by atoms with Gasteiger partial charge in [0.15, 0.2) is 0 Å². The number of hydrogen-bond donors (Lipinski definition) is 1. The third-order valence-corrected chi connectivity index (χ3v) is 2.44. The first-order chi connectivity index (χ1) is 7.13. The molecule has 0 saturated heterocycles. The van der Waals surface area contributed by atoms with Crippen molar-refractivity contribution >= 4 is 21.9 Å². The molecule has 15 heavy (non-hydrogen) atoms. The Morgan fingerprint density at radius 1 is 1.67 bits per heavy atom. The summed E-state index contributed by atoms with van der Waals surface area (Å²) in [5.74, 6) is -0.377. The lowest BCUT2D eigenvalue weighted by atomic mass is 10.1. The van der Waals surface area contributed by atoms with Crippen LogP contribution in [0, 0.1) is 0 Å². The predicted molar refractivity (Wildman–Crippen MR) is 60.2 cm³/mol. The number of methoxy groups -OCH3 is 1. The van der Waals surface area contributed by atoms with E-state index in [0.717, 1.165) is 10.0 Å². The van der Waals surface area contributed by atoms with Crippen LogP contribution in [0.4, 0.5) is 0 Å². The number of aromatic nitrogens is 1. The Hall–Kier alpha value is -0.940. The zero-order valence-corrected chi connectivity index (χ0v) is 10.0. The van der Waals surface area contributed by atoms with E-state index in [4.69, 9.17) is 5.73 Å². The van der Waals surface area contributed by atoms with E-state index in [1.807, 2.05) is 6.07 Å². The lowest BCUT2D eigenvalue weighted by Gasteiger charge is -2.08. The molecule has 0 spiro atoms. The maximum Gasteiger partial charge on any atom is 0.322 e. The second-order valence-electron chi connectivity index (χ2n) is 3.18. The summed E-state index contributed by atoms with van der Waals surface area (Å²) in [6.07, 6.45) is 4.74. The van der Waals surface area contributed by atoms with Gasteiger partial charge in [-0.25, -0.2) is 0 Å². The molecular weight excluding hydrogens is 260 g/mol. The Balaban J connectivity index is 2.47. The average molecular weight is 273 g/mol. The maximum absolute atomic E-state index is 11.0. The van der Waals surface area contributed by atoms with E-state index >= 15 is 0 Å². The first-order valence-electron chi connectivity index (χ1n) is 4.56. The lowest BCUT2D eigenvalue weighted by Crippen LogP contribution is -2.31. The number of carbonyl (C=O) groups excluding carboxylic acids is 1. The quantitative estimate of drug-likeness (QED) is 0.839. The monoisotopic (exact) mass is 272 g/mol. The van der Waals surface area contributed by atoms with Crippen LogP contribution in [0.15, 0.2) is 22.9 Å². The van der Waals surface area contributed by atoms with Gasteiger partial charge in [0, 0.05) is 16.9 Å². The maximum atomic E-state index is 11.0. The molecule has 0 saturated carbocycles. The summed E-state index contributed by atoms with van der Waals surface area (Å²) in [6, 6.07) is 1.39. The molecule has 0 aliphatic heterocycles. The second-order valence-corrected chi connectivity index (χ2v) is 4.10. The highest BCUT2D eigenvalue weighted by Crippen LogP contribution is 2.11. The van der Waals surface area contributed by atoms with Gasteiger partial charge >= 0.3 is 5.97 Å². The third kappa shape index (κ3) is 3.97. The van der Waals surface area contributed by atoms with Gasteiger partial charge in [-0.2, -0.15) is 0 Å². The standard InChI is InChI=1S/C10H13BrN2O2/c1-15-10(14)9(12)3-2-7-4-8(11)6-13-5-7/h4-6,9H,2-3,12H2,1H3. The van der Waals surface area contributed by atoms with Crippen molar-refractivity contribution in [3.8, 4) is 0 Å². The molecule has 1 aromatic heterocycles. The van der Waals surface area contributed by atoms with Gasteiger partial charge in [-0.1, -0.05) is 0 Å². The largest absolute Gasteiger partial charge is 0.468 e. The summed E-state index contributed by atoms with van der Waals surface area (Å²) in [5, 5.41) is 0. The van der Waals surface area contributed by atoms with Crippen LogP contribution in [0.25, 0.3) is 0 Å². The van der Waals surface area contributed by atoms with Crippen molar-refractivity contribution in [3.63, 3.8) is 0 Å². The first kappa shape index (κ1) is 12.1. The van der Waals surface area contributed by atoms with E-state index in [0.29, 0.717) is 12.8 Å². The molecule has 82 valence electrons. The number of pyridine rings is 1. The van der Waals surface area contributed by atoms with E-state index in [1.54, 1.807) is 12.4 Å². The number of carbonyl (C=O) groups is 1. The Morgan fingerprint density at radius 3 is 3.00 bits per heavy atom. The molecule has 0 fully saturated rings. The molecule has 4 nitrogen and oxygen atoms in total. The highest BCUT2D eigenvalue weighted by Gasteiger charge is 2.13. The van der Waals surface area contributed by atoms with Crippen molar-refractivity contribution in [1.82, 2.24) is 4.98 Å². The topological polar surface area (TPSA) is 65.2 Å². The van der Waals surface area contributed by atoms with Crippen molar-refractivity contribution in [3.05, 3.63) is 28.5 Å². The second kappa shape index (κ2) is 5.82. The predicted octanol–water partition coefficient (Wildman–Crippen LogP) is 1.28. The van der Waals surface area contributed by atoms with Crippen LogP contribution in [-0.4, -0.2) is 24.1 Å². The molecule has 0 aliphatic rings. The van der Waals surface area contributed by atoms with Crippen LogP contribution in [0.5, 0.6) is 0 Å². The fourth-order valence-electron chi connectivity index (χ4n) is 1.18.